The summed E-state index contributed by atoms with van der Waals surface area (Å²) in [6.45, 7) is 0. The van der Waals surface area contributed by atoms with Crippen LogP contribution in [0, 0.1) is 5.92 Å². The van der Waals surface area contributed by atoms with E-state index in [1.54, 1.807) is 18.6 Å². The highest BCUT2D eigenvalue weighted by molar-refractivity contribution is 5.85. The van der Waals surface area contributed by atoms with Gasteiger partial charge in [-0.3, -0.25) is 14.8 Å². The van der Waals surface area contributed by atoms with Gasteiger partial charge in [-0.25, -0.2) is 0 Å². The van der Waals surface area contributed by atoms with Gasteiger partial charge in [0, 0.05) is 24.5 Å². The standard InChI is InChI=1S/C8H8N2O2.ClH/c11-8(12)6-3-5(6)7-4-9-1-2-10-7;/h1-2,4-6H,3H2,(H,11,12);1H/t5-,6-;/m1./s1. The van der Waals surface area contributed by atoms with Crippen molar-refractivity contribution in [3.63, 3.8) is 0 Å². The van der Waals surface area contributed by atoms with Crippen LogP contribution in [0.3, 0.4) is 0 Å². The molecule has 1 aliphatic carbocycles. The van der Waals surface area contributed by atoms with E-state index < -0.39 is 5.97 Å². The molecular formula is C8H9ClN2O2. The Bertz CT molecular complexity index is 304. The molecule has 0 bridgehead atoms. The fourth-order valence-electron chi connectivity index (χ4n) is 1.30. The highest BCUT2D eigenvalue weighted by Gasteiger charge is 2.45. The average Bonchev–Trinajstić information content (AvgIpc) is 2.84. The van der Waals surface area contributed by atoms with Crippen molar-refractivity contribution in [1.29, 1.82) is 0 Å². The highest BCUT2D eigenvalue weighted by atomic mass is 35.5. The normalized spacial score (nSPS) is 24.6. The molecule has 0 spiro atoms. The Balaban J connectivity index is 0.000000845. The van der Waals surface area contributed by atoms with Crippen molar-refractivity contribution in [2.45, 2.75) is 12.3 Å². The summed E-state index contributed by atoms with van der Waals surface area (Å²) >= 11 is 0. The lowest BCUT2D eigenvalue weighted by Crippen LogP contribution is -1.99. The number of carboxylic acid groups (broad SMARTS) is 1. The van der Waals surface area contributed by atoms with Crippen LogP contribution in [0.4, 0.5) is 0 Å². The van der Waals surface area contributed by atoms with E-state index in [-0.39, 0.29) is 24.2 Å². The van der Waals surface area contributed by atoms with E-state index in [0.717, 1.165) is 5.69 Å². The Morgan fingerprint density at radius 2 is 2.31 bits per heavy atom. The third kappa shape index (κ3) is 1.95. The molecule has 1 fully saturated rings. The first-order valence-electron chi connectivity index (χ1n) is 3.78. The van der Waals surface area contributed by atoms with Gasteiger partial charge in [0.05, 0.1) is 11.6 Å². The van der Waals surface area contributed by atoms with Gasteiger partial charge in [-0.2, -0.15) is 0 Å². The topological polar surface area (TPSA) is 63.1 Å². The Hall–Kier alpha value is -1.16. The minimum absolute atomic E-state index is 0. The zero-order valence-corrected chi connectivity index (χ0v) is 7.57. The molecule has 0 amide bonds. The first kappa shape index (κ1) is 9.92. The first-order chi connectivity index (χ1) is 5.79. The van der Waals surface area contributed by atoms with E-state index in [1.807, 2.05) is 0 Å². The van der Waals surface area contributed by atoms with Crippen molar-refractivity contribution in [1.82, 2.24) is 9.97 Å². The van der Waals surface area contributed by atoms with E-state index >= 15 is 0 Å². The van der Waals surface area contributed by atoms with Gasteiger partial charge in [0.15, 0.2) is 0 Å². The van der Waals surface area contributed by atoms with Crippen LogP contribution < -0.4 is 0 Å². The van der Waals surface area contributed by atoms with Crippen LogP contribution in [0.5, 0.6) is 0 Å². The number of nitrogens with zero attached hydrogens (tertiary/aromatic N) is 2. The van der Waals surface area contributed by atoms with Gasteiger partial charge in [0.2, 0.25) is 0 Å². The lowest BCUT2D eigenvalue weighted by molar-refractivity contribution is -0.138. The molecule has 0 aliphatic heterocycles. The second-order valence-electron chi connectivity index (χ2n) is 2.92. The number of halogens is 1. The van der Waals surface area contributed by atoms with E-state index in [4.69, 9.17) is 5.11 Å². The van der Waals surface area contributed by atoms with Gasteiger partial charge < -0.3 is 5.11 Å². The molecule has 1 saturated carbocycles. The summed E-state index contributed by atoms with van der Waals surface area (Å²) in [7, 11) is 0. The SMILES string of the molecule is Cl.O=C(O)[C@@H]1C[C@H]1c1cnccn1. The lowest BCUT2D eigenvalue weighted by Gasteiger charge is -1.93. The fourth-order valence-corrected chi connectivity index (χ4v) is 1.30. The molecule has 1 aromatic heterocycles. The van der Waals surface area contributed by atoms with Crippen LogP contribution >= 0.6 is 12.4 Å². The monoisotopic (exact) mass is 200 g/mol. The average molecular weight is 201 g/mol. The zero-order valence-electron chi connectivity index (χ0n) is 6.75. The fraction of sp³-hybridized carbons (Fsp3) is 0.375. The van der Waals surface area contributed by atoms with Crippen LogP contribution in [0.2, 0.25) is 0 Å². The second kappa shape index (κ2) is 3.70. The highest BCUT2D eigenvalue weighted by Crippen LogP contribution is 2.46. The second-order valence-corrected chi connectivity index (χ2v) is 2.92. The molecule has 4 nitrogen and oxygen atoms in total. The van der Waals surface area contributed by atoms with Crippen molar-refractivity contribution in [2.75, 3.05) is 0 Å². The first-order valence-corrected chi connectivity index (χ1v) is 3.78. The van der Waals surface area contributed by atoms with Gasteiger partial charge in [0.1, 0.15) is 0 Å². The third-order valence-corrected chi connectivity index (χ3v) is 2.07. The predicted octanol–water partition coefficient (Wildman–Crippen LogP) is 1.09. The molecule has 0 radical (unpaired) electrons. The van der Waals surface area contributed by atoms with Crippen LogP contribution in [0.15, 0.2) is 18.6 Å². The minimum atomic E-state index is -0.731. The summed E-state index contributed by atoms with van der Waals surface area (Å²) in [6.07, 6.45) is 5.51. The van der Waals surface area contributed by atoms with Crippen LogP contribution in [0.25, 0.3) is 0 Å². The van der Waals surface area contributed by atoms with Crippen LogP contribution in [-0.4, -0.2) is 21.0 Å². The van der Waals surface area contributed by atoms with Crippen molar-refractivity contribution >= 4 is 18.4 Å². The number of aliphatic carboxylic acids is 1. The number of carbonyl (C=O) groups is 1. The quantitative estimate of drug-likeness (QED) is 0.776. The van der Waals surface area contributed by atoms with Gasteiger partial charge in [-0.15, -0.1) is 12.4 Å². The molecule has 13 heavy (non-hydrogen) atoms. The molecule has 0 saturated heterocycles. The van der Waals surface area contributed by atoms with E-state index in [2.05, 4.69) is 9.97 Å². The Labute approximate surface area is 81.4 Å². The van der Waals surface area contributed by atoms with Crippen molar-refractivity contribution in [2.24, 2.45) is 5.92 Å². The maximum Gasteiger partial charge on any atom is 0.307 e. The third-order valence-electron chi connectivity index (χ3n) is 2.07. The summed E-state index contributed by atoms with van der Waals surface area (Å²) in [5.41, 5.74) is 0.796. The molecule has 5 heteroatoms. The molecule has 0 unspecified atom stereocenters. The van der Waals surface area contributed by atoms with Gasteiger partial charge in [0.25, 0.3) is 0 Å². The summed E-state index contributed by atoms with van der Waals surface area (Å²) in [4.78, 5) is 18.4. The Morgan fingerprint density at radius 1 is 1.54 bits per heavy atom. The maximum atomic E-state index is 10.5. The summed E-state index contributed by atoms with van der Waals surface area (Å²) in [5, 5.41) is 8.64. The van der Waals surface area contributed by atoms with Gasteiger partial charge in [-0.1, -0.05) is 0 Å². The lowest BCUT2D eigenvalue weighted by atomic mass is 10.2. The van der Waals surface area contributed by atoms with Crippen molar-refractivity contribution in [3.05, 3.63) is 24.3 Å². The molecular weight excluding hydrogens is 192 g/mol. The summed E-state index contributed by atoms with van der Waals surface area (Å²) in [5.74, 6) is -0.872. The number of rotatable bonds is 2. The summed E-state index contributed by atoms with van der Waals surface area (Å²) < 4.78 is 0. The van der Waals surface area contributed by atoms with Crippen LogP contribution in [-0.2, 0) is 4.79 Å². The summed E-state index contributed by atoms with van der Waals surface area (Å²) in [6, 6.07) is 0. The van der Waals surface area contributed by atoms with E-state index in [9.17, 15) is 4.79 Å². The van der Waals surface area contributed by atoms with Crippen LogP contribution in [0.1, 0.15) is 18.0 Å². The molecule has 0 aromatic carbocycles. The Kier molecular flexibility index (Phi) is 2.83. The molecule has 1 heterocycles. The Morgan fingerprint density at radius 3 is 2.77 bits per heavy atom. The maximum absolute atomic E-state index is 10.5. The van der Waals surface area contributed by atoms with Gasteiger partial charge in [-0.05, 0) is 6.42 Å². The van der Waals surface area contributed by atoms with Crippen molar-refractivity contribution in [3.8, 4) is 0 Å². The number of hydrogen-bond donors (Lipinski definition) is 1. The smallest absolute Gasteiger partial charge is 0.307 e. The van der Waals surface area contributed by atoms with Gasteiger partial charge >= 0.3 is 5.97 Å². The van der Waals surface area contributed by atoms with E-state index in [1.165, 1.54) is 0 Å². The number of hydrogen-bond acceptors (Lipinski definition) is 3. The molecule has 70 valence electrons. The van der Waals surface area contributed by atoms with E-state index in [0.29, 0.717) is 6.42 Å². The minimum Gasteiger partial charge on any atom is -0.481 e. The number of aromatic nitrogens is 2. The molecule has 1 aromatic rings. The molecule has 2 rings (SSSR count). The molecule has 2 atom stereocenters. The number of carboxylic acids is 1. The zero-order chi connectivity index (χ0) is 8.55. The van der Waals surface area contributed by atoms with Crippen molar-refractivity contribution < 1.29 is 9.90 Å². The molecule has 1 aliphatic rings. The molecule has 1 N–H and O–H groups in total. The largest absolute Gasteiger partial charge is 0.481 e. The predicted molar refractivity (Wildman–Crippen MR) is 47.8 cm³/mol.